The van der Waals surface area contributed by atoms with Gasteiger partial charge >= 0.3 is 0 Å². The zero-order valence-electron chi connectivity index (χ0n) is 9.36. The number of fused-ring (bicyclic) bond motifs is 2. The van der Waals surface area contributed by atoms with Gasteiger partial charge in [0, 0.05) is 16.3 Å². The number of ether oxygens (including phenoxy) is 1. The lowest BCUT2D eigenvalue weighted by molar-refractivity contribution is 0.419. The highest BCUT2D eigenvalue weighted by Gasteiger charge is 2.05. The molecule has 0 fully saturated rings. The van der Waals surface area contributed by atoms with Gasteiger partial charge in [-0.25, -0.2) is 0 Å². The van der Waals surface area contributed by atoms with Crippen molar-refractivity contribution in [1.29, 1.82) is 0 Å². The fourth-order valence-electron chi connectivity index (χ4n) is 2.09. The van der Waals surface area contributed by atoms with Crippen LogP contribution in [0.4, 0.5) is 0 Å². The first-order chi connectivity index (χ1) is 8.31. The molecule has 0 aliphatic heterocycles. The third-order valence-corrected chi connectivity index (χ3v) is 3.36. The number of benzene rings is 2. The largest absolute Gasteiger partial charge is 0.495 e. The zero-order chi connectivity index (χ0) is 11.8. The first-order valence-corrected chi connectivity index (χ1v) is 5.80. The first kappa shape index (κ1) is 10.3. The van der Waals surface area contributed by atoms with Gasteiger partial charge in [-0.2, -0.15) is 0 Å². The van der Waals surface area contributed by atoms with Crippen LogP contribution in [0.5, 0.6) is 5.75 Å². The maximum atomic E-state index is 5.53. The summed E-state index contributed by atoms with van der Waals surface area (Å²) in [5.41, 5.74) is 1.99. The summed E-state index contributed by atoms with van der Waals surface area (Å²) >= 11 is 5.53. The average molecular weight is 241 g/mol. The molecule has 0 aliphatic rings. The van der Waals surface area contributed by atoms with Crippen LogP contribution in [0, 0.1) is 4.51 Å². The lowest BCUT2D eigenvalue weighted by atomic mass is 10.1. The molecule has 0 spiro atoms. The molecule has 2 nitrogen and oxygen atoms in total. The summed E-state index contributed by atoms with van der Waals surface area (Å²) in [6, 6.07) is 14.0. The molecule has 0 amide bonds. The molecule has 3 aromatic rings. The number of aromatic nitrogens is 1. The first-order valence-electron chi connectivity index (χ1n) is 5.39. The number of para-hydroxylation sites is 2. The van der Waals surface area contributed by atoms with Crippen molar-refractivity contribution in [3.63, 3.8) is 0 Å². The van der Waals surface area contributed by atoms with E-state index < -0.39 is 0 Å². The fraction of sp³-hybridized carbons (Fsp3) is 0.0714. The van der Waals surface area contributed by atoms with E-state index in [0.717, 1.165) is 32.1 Å². The van der Waals surface area contributed by atoms with E-state index in [1.807, 2.05) is 42.5 Å². The topological polar surface area (TPSA) is 25.0 Å². The maximum absolute atomic E-state index is 5.53. The number of nitrogens with one attached hydrogen (secondary N) is 1. The van der Waals surface area contributed by atoms with Crippen molar-refractivity contribution >= 4 is 34.0 Å². The molecule has 0 atom stereocenters. The molecule has 1 N–H and O–H groups in total. The Hall–Kier alpha value is -1.87. The standard InChI is InChI=1S/C14H11NOS/c1-16-12-8-4-6-10-13(12)15-11-7-3-2-5-9(11)14(10)17/h2-8H,1H3,(H,15,17). The van der Waals surface area contributed by atoms with E-state index in [1.54, 1.807) is 7.11 Å². The smallest absolute Gasteiger partial charge is 0.142 e. The van der Waals surface area contributed by atoms with Crippen molar-refractivity contribution in [2.24, 2.45) is 0 Å². The molecule has 1 aromatic heterocycles. The average Bonchev–Trinajstić information content (AvgIpc) is 2.38. The van der Waals surface area contributed by atoms with Crippen LogP contribution in [0.2, 0.25) is 0 Å². The minimum Gasteiger partial charge on any atom is -0.495 e. The third-order valence-electron chi connectivity index (χ3n) is 2.92. The summed E-state index contributed by atoms with van der Waals surface area (Å²) in [6.07, 6.45) is 0. The third kappa shape index (κ3) is 1.51. The lowest BCUT2D eigenvalue weighted by Gasteiger charge is -2.07. The van der Waals surface area contributed by atoms with Crippen molar-refractivity contribution in [3.05, 3.63) is 47.0 Å². The molecule has 0 saturated carbocycles. The molecular weight excluding hydrogens is 230 g/mol. The molecule has 0 radical (unpaired) electrons. The van der Waals surface area contributed by atoms with Crippen molar-refractivity contribution < 1.29 is 4.74 Å². The van der Waals surface area contributed by atoms with Crippen LogP contribution in [0.25, 0.3) is 21.8 Å². The summed E-state index contributed by atoms with van der Waals surface area (Å²) in [7, 11) is 1.67. The molecule has 0 saturated heterocycles. The summed E-state index contributed by atoms with van der Waals surface area (Å²) < 4.78 is 6.22. The van der Waals surface area contributed by atoms with Gasteiger partial charge in [-0.3, -0.25) is 0 Å². The number of methoxy groups -OCH3 is 1. The van der Waals surface area contributed by atoms with Crippen LogP contribution in [-0.2, 0) is 0 Å². The van der Waals surface area contributed by atoms with Gasteiger partial charge in [-0.1, -0.05) is 42.5 Å². The summed E-state index contributed by atoms with van der Waals surface area (Å²) in [6.45, 7) is 0. The molecule has 1 heterocycles. The van der Waals surface area contributed by atoms with Crippen molar-refractivity contribution in [2.75, 3.05) is 7.11 Å². The van der Waals surface area contributed by atoms with E-state index in [1.165, 1.54) is 0 Å². The minimum atomic E-state index is 0.819. The van der Waals surface area contributed by atoms with Crippen LogP contribution in [-0.4, -0.2) is 12.1 Å². The monoisotopic (exact) mass is 241 g/mol. The highest BCUT2D eigenvalue weighted by molar-refractivity contribution is 7.72. The van der Waals surface area contributed by atoms with Gasteiger partial charge in [0.1, 0.15) is 5.75 Å². The fourth-order valence-corrected chi connectivity index (χ4v) is 2.44. The van der Waals surface area contributed by atoms with Gasteiger partial charge in [0.05, 0.1) is 17.1 Å². The molecular formula is C14H11NOS. The number of hydrogen-bond donors (Lipinski definition) is 1. The Labute approximate surface area is 104 Å². The van der Waals surface area contributed by atoms with Crippen molar-refractivity contribution in [1.82, 2.24) is 4.98 Å². The van der Waals surface area contributed by atoms with E-state index >= 15 is 0 Å². The van der Waals surface area contributed by atoms with Crippen molar-refractivity contribution in [3.8, 4) is 5.75 Å². The van der Waals surface area contributed by atoms with E-state index in [-0.39, 0.29) is 0 Å². The Morgan fingerprint density at radius 3 is 2.59 bits per heavy atom. The minimum absolute atomic E-state index is 0.819. The number of aromatic amines is 1. The highest BCUT2D eigenvalue weighted by Crippen LogP contribution is 2.28. The predicted octanol–water partition coefficient (Wildman–Crippen LogP) is 4.06. The van der Waals surface area contributed by atoms with Gasteiger partial charge in [0.15, 0.2) is 0 Å². The molecule has 84 valence electrons. The lowest BCUT2D eigenvalue weighted by Crippen LogP contribution is -1.89. The van der Waals surface area contributed by atoms with Crippen LogP contribution < -0.4 is 4.74 Å². The van der Waals surface area contributed by atoms with Crippen LogP contribution in [0.3, 0.4) is 0 Å². The Bertz CT molecular complexity index is 761. The Kier molecular flexibility index (Phi) is 2.34. The second-order valence-corrected chi connectivity index (χ2v) is 4.29. The summed E-state index contributed by atoms with van der Waals surface area (Å²) in [5.74, 6) is 0.819. The van der Waals surface area contributed by atoms with Crippen LogP contribution in [0.15, 0.2) is 42.5 Å². The summed E-state index contributed by atoms with van der Waals surface area (Å²) in [5, 5.41) is 2.10. The van der Waals surface area contributed by atoms with E-state index in [9.17, 15) is 0 Å². The van der Waals surface area contributed by atoms with Gasteiger partial charge < -0.3 is 9.72 Å². The van der Waals surface area contributed by atoms with Crippen LogP contribution in [0.1, 0.15) is 0 Å². The van der Waals surface area contributed by atoms with E-state index in [0.29, 0.717) is 0 Å². The molecule has 0 aliphatic carbocycles. The number of pyridine rings is 1. The maximum Gasteiger partial charge on any atom is 0.142 e. The molecule has 0 unspecified atom stereocenters. The normalized spacial score (nSPS) is 10.9. The van der Waals surface area contributed by atoms with Gasteiger partial charge in [-0.05, 0) is 12.1 Å². The zero-order valence-corrected chi connectivity index (χ0v) is 10.2. The predicted molar refractivity (Wildman–Crippen MR) is 73.2 cm³/mol. The second kappa shape index (κ2) is 3.86. The van der Waals surface area contributed by atoms with E-state index in [4.69, 9.17) is 17.0 Å². The van der Waals surface area contributed by atoms with Gasteiger partial charge in [0.2, 0.25) is 0 Å². The van der Waals surface area contributed by atoms with Crippen molar-refractivity contribution in [2.45, 2.75) is 0 Å². The highest BCUT2D eigenvalue weighted by atomic mass is 32.1. The number of hydrogen-bond acceptors (Lipinski definition) is 2. The number of rotatable bonds is 1. The van der Waals surface area contributed by atoms with Gasteiger partial charge in [-0.15, -0.1) is 0 Å². The molecule has 3 heteroatoms. The molecule has 3 rings (SSSR count). The second-order valence-electron chi connectivity index (χ2n) is 3.88. The van der Waals surface area contributed by atoms with Crippen LogP contribution >= 0.6 is 12.2 Å². The number of H-pyrrole nitrogens is 1. The Balaban J connectivity index is 2.59. The molecule has 0 bridgehead atoms. The van der Waals surface area contributed by atoms with Gasteiger partial charge in [0.25, 0.3) is 0 Å². The molecule has 2 aromatic carbocycles. The summed E-state index contributed by atoms with van der Waals surface area (Å²) in [4.78, 5) is 3.38. The Morgan fingerprint density at radius 1 is 1.00 bits per heavy atom. The quantitative estimate of drug-likeness (QED) is 0.513. The van der Waals surface area contributed by atoms with E-state index in [2.05, 4.69) is 4.98 Å². The molecule has 17 heavy (non-hydrogen) atoms. The Morgan fingerprint density at radius 2 is 1.76 bits per heavy atom. The SMILES string of the molecule is COc1cccc2c(=S)c3ccccc3[nH]c12.